The third kappa shape index (κ3) is 5.34. The molecule has 0 saturated heterocycles. The molecule has 1 heterocycles. The minimum absolute atomic E-state index is 0.911. The maximum Gasteiger partial charge on any atom is 0.136 e. The quantitative estimate of drug-likeness (QED) is 0.162. The molecule has 0 aliphatic rings. The fraction of sp³-hybridized carbons (Fsp3) is 0. The number of hydrogen-bond donors (Lipinski definition) is 0. The monoisotopic (exact) mass is 772 g/mol. The van der Waals surface area contributed by atoms with Gasteiger partial charge in [-0.3, -0.25) is 0 Å². The zero-order valence-corrected chi connectivity index (χ0v) is 33.2. The summed E-state index contributed by atoms with van der Waals surface area (Å²) in [5.41, 5.74) is 11.7. The third-order valence-electron chi connectivity index (χ3n) is 13.0. The van der Waals surface area contributed by atoms with Crippen LogP contribution in [0.25, 0.3) is 131 Å². The van der Waals surface area contributed by atoms with Crippen molar-refractivity contribution in [1.29, 1.82) is 0 Å². The van der Waals surface area contributed by atoms with Crippen LogP contribution in [0.1, 0.15) is 0 Å². The van der Waals surface area contributed by atoms with Crippen molar-refractivity contribution in [2.75, 3.05) is 0 Å². The minimum atomic E-state index is 0.911. The summed E-state index contributed by atoms with van der Waals surface area (Å²) in [7, 11) is 0. The van der Waals surface area contributed by atoms with Gasteiger partial charge in [-0.1, -0.05) is 176 Å². The van der Waals surface area contributed by atoms with Crippen molar-refractivity contribution in [3.8, 4) is 44.5 Å². The average Bonchev–Trinajstić information content (AvgIpc) is 3.68. The summed E-state index contributed by atoms with van der Waals surface area (Å²) in [5.74, 6) is 0. The summed E-state index contributed by atoms with van der Waals surface area (Å²) >= 11 is 0. The second-order valence-electron chi connectivity index (χ2n) is 16.4. The number of fused-ring (bicyclic) bond motifs is 9. The molecule has 0 bridgehead atoms. The average molecular weight is 773 g/mol. The molecule has 1 nitrogen and oxygen atoms in total. The van der Waals surface area contributed by atoms with Gasteiger partial charge in [-0.25, -0.2) is 0 Å². The van der Waals surface area contributed by atoms with Crippen molar-refractivity contribution in [3.05, 3.63) is 218 Å². The highest BCUT2D eigenvalue weighted by molar-refractivity contribution is 6.22. The normalized spacial score (nSPS) is 11.9. The van der Waals surface area contributed by atoms with E-state index >= 15 is 0 Å². The first-order valence-corrected chi connectivity index (χ1v) is 21.1. The second kappa shape index (κ2) is 13.3. The molecule has 1 aromatic heterocycles. The van der Waals surface area contributed by atoms with E-state index < -0.39 is 0 Å². The van der Waals surface area contributed by atoms with Gasteiger partial charge in [0, 0.05) is 10.8 Å². The van der Waals surface area contributed by atoms with Crippen molar-refractivity contribution in [2.24, 2.45) is 0 Å². The van der Waals surface area contributed by atoms with Crippen LogP contribution in [-0.2, 0) is 0 Å². The summed E-state index contributed by atoms with van der Waals surface area (Å²) in [6, 6.07) is 80.2. The molecule has 12 aromatic carbocycles. The van der Waals surface area contributed by atoms with E-state index in [0.717, 1.165) is 21.9 Å². The molecule has 0 radical (unpaired) electrons. The molecule has 0 spiro atoms. The summed E-state index contributed by atoms with van der Waals surface area (Å²) < 4.78 is 6.35. The van der Waals surface area contributed by atoms with Crippen LogP contribution in [0.3, 0.4) is 0 Å². The van der Waals surface area contributed by atoms with Gasteiger partial charge in [0.05, 0.1) is 0 Å². The van der Waals surface area contributed by atoms with E-state index in [9.17, 15) is 0 Å². The fourth-order valence-electron chi connectivity index (χ4n) is 10.1. The Morgan fingerprint density at radius 3 is 1.16 bits per heavy atom. The molecular weight excluding hydrogens is 737 g/mol. The Balaban J connectivity index is 0.916. The molecule has 0 saturated carbocycles. The van der Waals surface area contributed by atoms with E-state index in [2.05, 4.69) is 218 Å². The smallest absolute Gasteiger partial charge is 0.136 e. The minimum Gasteiger partial charge on any atom is -0.456 e. The number of hydrogen-bond acceptors (Lipinski definition) is 1. The maximum absolute atomic E-state index is 6.35. The Morgan fingerprint density at radius 1 is 0.213 bits per heavy atom. The Labute approximate surface area is 352 Å². The van der Waals surface area contributed by atoms with Gasteiger partial charge in [-0.15, -0.1) is 0 Å². The standard InChI is InChI=1S/C60H36O/c1-2-12-38-32-45(25-21-37(38)11-1)59-51-17-7-9-19-53(51)60(54-20-10-8-18-52(54)59)46-26-23-41-31-43(24-22-42(41)33-46)47-28-29-48(50-16-6-5-15-49(47)50)44-27-30-57-55(35-44)56-34-39-13-3-4-14-40(39)36-58(56)61-57/h1-36H. The molecule has 0 unspecified atom stereocenters. The van der Waals surface area contributed by atoms with Crippen LogP contribution in [0.2, 0.25) is 0 Å². The number of rotatable bonds is 4. The molecule has 0 fully saturated rings. The predicted molar refractivity (Wildman–Crippen MR) is 260 cm³/mol. The lowest BCUT2D eigenvalue weighted by Crippen LogP contribution is -1.91. The highest BCUT2D eigenvalue weighted by Gasteiger charge is 2.18. The molecular formula is C60H36O. The highest BCUT2D eigenvalue weighted by Crippen LogP contribution is 2.45. The van der Waals surface area contributed by atoms with E-state index in [0.29, 0.717) is 0 Å². The first-order valence-electron chi connectivity index (χ1n) is 21.1. The van der Waals surface area contributed by atoms with Crippen LogP contribution >= 0.6 is 0 Å². The van der Waals surface area contributed by atoms with E-state index in [-0.39, 0.29) is 0 Å². The maximum atomic E-state index is 6.35. The van der Waals surface area contributed by atoms with Crippen molar-refractivity contribution < 1.29 is 4.42 Å². The van der Waals surface area contributed by atoms with Gasteiger partial charge in [-0.05, 0) is 152 Å². The summed E-state index contributed by atoms with van der Waals surface area (Å²) in [6.45, 7) is 0. The predicted octanol–water partition coefficient (Wildman–Crippen LogP) is 17.2. The van der Waals surface area contributed by atoms with Crippen LogP contribution in [0.15, 0.2) is 223 Å². The molecule has 0 atom stereocenters. The van der Waals surface area contributed by atoms with Gasteiger partial charge in [-0.2, -0.15) is 0 Å². The highest BCUT2D eigenvalue weighted by atomic mass is 16.3. The molecule has 13 aromatic rings. The summed E-state index contributed by atoms with van der Waals surface area (Å²) in [5, 5.41) is 17.2. The lowest BCUT2D eigenvalue weighted by molar-refractivity contribution is 0.669. The molecule has 13 rings (SSSR count). The van der Waals surface area contributed by atoms with Gasteiger partial charge in [0.15, 0.2) is 0 Å². The van der Waals surface area contributed by atoms with E-state index in [4.69, 9.17) is 4.42 Å². The van der Waals surface area contributed by atoms with Crippen LogP contribution in [-0.4, -0.2) is 0 Å². The van der Waals surface area contributed by atoms with Gasteiger partial charge < -0.3 is 4.42 Å². The molecule has 0 aliphatic heterocycles. The van der Waals surface area contributed by atoms with Gasteiger partial charge in [0.2, 0.25) is 0 Å². The Bertz CT molecular complexity index is 3880. The zero-order chi connectivity index (χ0) is 40.0. The first kappa shape index (κ1) is 33.9. The van der Waals surface area contributed by atoms with Crippen LogP contribution in [0, 0.1) is 0 Å². The summed E-state index contributed by atoms with van der Waals surface area (Å²) in [4.78, 5) is 0. The van der Waals surface area contributed by atoms with Crippen molar-refractivity contribution in [3.63, 3.8) is 0 Å². The Hall–Kier alpha value is -8.00. The molecule has 0 aliphatic carbocycles. The van der Waals surface area contributed by atoms with Crippen LogP contribution in [0.5, 0.6) is 0 Å². The van der Waals surface area contributed by atoms with Gasteiger partial charge in [0.25, 0.3) is 0 Å². The Morgan fingerprint density at radius 2 is 0.590 bits per heavy atom. The van der Waals surface area contributed by atoms with E-state index in [1.54, 1.807) is 0 Å². The van der Waals surface area contributed by atoms with Crippen LogP contribution in [0.4, 0.5) is 0 Å². The molecule has 0 amide bonds. The second-order valence-corrected chi connectivity index (χ2v) is 16.4. The summed E-state index contributed by atoms with van der Waals surface area (Å²) in [6.07, 6.45) is 0. The number of benzene rings is 12. The zero-order valence-electron chi connectivity index (χ0n) is 33.2. The molecule has 0 N–H and O–H groups in total. The molecule has 1 heteroatoms. The number of furan rings is 1. The van der Waals surface area contributed by atoms with Crippen molar-refractivity contribution in [2.45, 2.75) is 0 Å². The van der Waals surface area contributed by atoms with Crippen molar-refractivity contribution in [1.82, 2.24) is 0 Å². The van der Waals surface area contributed by atoms with Gasteiger partial charge in [0.1, 0.15) is 11.2 Å². The fourth-order valence-corrected chi connectivity index (χ4v) is 10.1. The van der Waals surface area contributed by atoms with E-state index in [1.165, 1.54) is 109 Å². The molecule has 61 heavy (non-hydrogen) atoms. The van der Waals surface area contributed by atoms with Crippen LogP contribution < -0.4 is 0 Å². The Kier molecular flexibility index (Phi) is 7.37. The lowest BCUT2D eigenvalue weighted by Gasteiger charge is -2.18. The SMILES string of the molecule is c1ccc2cc(-c3c4ccccc4c(-c4ccc5cc(-c6ccc(-c7ccc8oc9cc%10ccccc%10cc9c8c7)c7ccccc67)ccc5c4)c4ccccc34)ccc2c1. The third-order valence-corrected chi connectivity index (χ3v) is 13.0. The molecule has 282 valence electrons. The first-order chi connectivity index (χ1) is 30.2. The largest absolute Gasteiger partial charge is 0.456 e. The van der Waals surface area contributed by atoms with Crippen molar-refractivity contribution >= 4 is 86.6 Å². The topological polar surface area (TPSA) is 13.1 Å². The van der Waals surface area contributed by atoms with E-state index in [1.807, 2.05) is 0 Å². The lowest BCUT2D eigenvalue weighted by atomic mass is 9.85. The van der Waals surface area contributed by atoms with Gasteiger partial charge >= 0.3 is 0 Å².